The number of nitrogens with two attached hydrogens (primary N) is 1. The second-order valence-electron chi connectivity index (χ2n) is 4.59. The molecule has 0 bridgehead atoms. The first-order valence-electron chi connectivity index (χ1n) is 6.03. The predicted octanol–water partition coefficient (Wildman–Crippen LogP) is 0.351. The fraction of sp³-hybridized carbons (Fsp3) is 0.583. The minimum atomic E-state index is -0.386. The van der Waals surface area contributed by atoms with Crippen LogP contribution in [0.15, 0.2) is 16.7 Å². The summed E-state index contributed by atoms with van der Waals surface area (Å²) in [5.41, 5.74) is 2.96. The number of hydrazine groups is 1. The number of amides is 1. The van der Waals surface area contributed by atoms with Gasteiger partial charge in [0, 0.05) is 25.8 Å². The Morgan fingerprint density at radius 1 is 1.72 bits per heavy atom. The molecule has 6 heteroatoms. The molecule has 0 spiro atoms. The molecule has 3 N–H and O–H groups in total. The highest BCUT2D eigenvalue weighted by Gasteiger charge is 2.24. The molecular weight excluding hydrogens is 234 g/mol. The molecule has 0 radical (unpaired) electrons. The van der Waals surface area contributed by atoms with Crippen LogP contribution < -0.4 is 11.3 Å². The fourth-order valence-electron chi connectivity index (χ4n) is 2.39. The molecule has 1 fully saturated rings. The molecule has 1 unspecified atom stereocenters. The van der Waals surface area contributed by atoms with Gasteiger partial charge in [-0.25, -0.2) is 5.84 Å². The lowest BCUT2D eigenvalue weighted by Gasteiger charge is -2.15. The average molecular weight is 253 g/mol. The van der Waals surface area contributed by atoms with Crippen LogP contribution in [0.4, 0.5) is 0 Å². The van der Waals surface area contributed by atoms with Gasteiger partial charge in [0.2, 0.25) is 0 Å². The van der Waals surface area contributed by atoms with Crippen molar-refractivity contribution in [2.24, 2.45) is 11.8 Å². The van der Waals surface area contributed by atoms with Crippen LogP contribution in [-0.2, 0) is 11.3 Å². The number of ether oxygens (including phenoxy) is 1. The summed E-state index contributed by atoms with van der Waals surface area (Å²) >= 11 is 0. The smallest absolute Gasteiger partial charge is 0.301 e. The Hall–Kier alpha value is -1.37. The molecule has 1 aliphatic rings. The monoisotopic (exact) mass is 253 g/mol. The van der Waals surface area contributed by atoms with Gasteiger partial charge in [0.1, 0.15) is 0 Å². The normalized spacial score (nSPS) is 20.2. The molecule has 0 aliphatic carbocycles. The highest BCUT2D eigenvalue weighted by molar-refractivity contribution is 5.92. The van der Waals surface area contributed by atoms with Gasteiger partial charge >= 0.3 is 5.91 Å². The summed E-state index contributed by atoms with van der Waals surface area (Å²) in [7, 11) is 1.72. The van der Waals surface area contributed by atoms with Crippen LogP contribution in [0.1, 0.15) is 22.5 Å². The maximum absolute atomic E-state index is 11.5. The molecule has 2 heterocycles. The number of carbonyl (C=O) groups excluding carboxylic acids is 1. The summed E-state index contributed by atoms with van der Waals surface area (Å²) in [5.74, 6) is 5.60. The van der Waals surface area contributed by atoms with Crippen molar-refractivity contribution in [2.75, 3.05) is 26.8 Å². The Morgan fingerprint density at radius 2 is 2.56 bits per heavy atom. The minimum absolute atomic E-state index is 0.299. The lowest BCUT2D eigenvalue weighted by atomic mass is 10.1. The number of furan rings is 1. The quantitative estimate of drug-likeness (QED) is 0.449. The Balaban J connectivity index is 1.94. The van der Waals surface area contributed by atoms with Gasteiger partial charge in [-0.05, 0) is 24.9 Å². The number of methoxy groups -OCH3 is 1. The van der Waals surface area contributed by atoms with E-state index in [1.165, 1.54) is 6.26 Å². The molecule has 0 aromatic carbocycles. The van der Waals surface area contributed by atoms with E-state index in [1.54, 1.807) is 7.11 Å². The van der Waals surface area contributed by atoms with Crippen molar-refractivity contribution < 1.29 is 13.9 Å². The van der Waals surface area contributed by atoms with Crippen LogP contribution >= 0.6 is 0 Å². The number of rotatable bonds is 5. The first-order chi connectivity index (χ1) is 8.74. The van der Waals surface area contributed by atoms with Crippen LogP contribution in [0, 0.1) is 5.92 Å². The van der Waals surface area contributed by atoms with E-state index in [1.807, 2.05) is 6.07 Å². The van der Waals surface area contributed by atoms with E-state index < -0.39 is 0 Å². The molecule has 1 saturated heterocycles. The number of likely N-dealkylation sites (tertiary alicyclic amines) is 1. The first-order valence-corrected chi connectivity index (χ1v) is 6.03. The van der Waals surface area contributed by atoms with Crippen molar-refractivity contribution in [3.63, 3.8) is 0 Å². The highest BCUT2D eigenvalue weighted by atomic mass is 16.5. The number of hydrogen-bond acceptors (Lipinski definition) is 5. The number of hydrogen-bond donors (Lipinski definition) is 2. The van der Waals surface area contributed by atoms with Crippen LogP contribution in [0.2, 0.25) is 0 Å². The van der Waals surface area contributed by atoms with E-state index >= 15 is 0 Å². The molecule has 1 aromatic heterocycles. The summed E-state index contributed by atoms with van der Waals surface area (Å²) < 4.78 is 10.3. The van der Waals surface area contributed by atoms with Gasteiger partial charge in [-0.3, -0.25) is 15.1 Å². The summed E-state index contributed by atoms with van der Waals surface area (Å²) in [6.45, 7) is 3.50. The molecule has 0 saturated carbocycles. The van der Waals surface area contributed by atoms with Gasteiger partial charge in [0.15, 0.2) is 5.76 Å². The van der Waals surface area contributed by atoms with Crippen LogP contribution in [0.3, 0.4) is 0 Å². The second kappa shape index (κ2) is 5.99. The molecule has 1 amide bonds. The molecule has 18 heavy (non-hydrogen) atoms. The summed E-state index contributed by atoms with van der Waals surface area (Å²) in [5, 5.41) is 0. The lowest BCUT2D eigenvalue weighted by Crippen LogP contribution is -2.31. The largest absolute Gasteiger partial charge is 0.459 e. The topological polar surface area (TPSA) is 80.7 Å². The number of carbonyl (C=O) groups is 1. The van der Waals surface area contributed by atoms with Crippen molar-refractivity contribution in [2.45, 2.75) is 13.0 Å². The van der Waals surface area contributed by atoms with E-state index in [2.05, 4.69) is 10.3 Å². The fourth-order valence-corrected chi connectivity index (χ4v) is 2.39. The zero-order valence-electron chi connectivity index (χ0n) is 10.5. The first kappa shape index (κ1) is 13.1. The van der Waals surface area contributed by atoms with E-state index in [0.717, 1.165) is 31.7 Å². The SMILES string of the molecule is COCC1CCN(Cc2ccoc2C(=O)NN)C1. The molecule has 2 rings (SSSR count). The van der Waals surface area contributed by atoms with E-state index in [0.29, 0.717) is 18.2 Å². The third-order valence-electron chi connectivity index (χ3n) is 3.25. The Morgan fingerprint density at radius 3 is 3.28 bits per heavy atom. The van der Waals surface area contributed by atoms with Crippen molar-refractivity contribution in [1.82, 2.24) is 10.3 Å². The van der Waals surface area contributed by atoms with Crippen molar-refractivity contribution in [3.05, 3.63) is 23.7 Å². The van der Waals surface area contributed by atoms with Gasteiger partial charge in [-0.2, -0.15) is 0 Å². The van der Waals surface area contributed by atoms with Crippen molar-refractivity contribution >= 4 is 5.91 Å². The number of nitrogens with one attached hydrogen (secondary N) is 1. The second-order valence-corrected chi connectivity index (χ2v) is 4.59. The minimum Gasteiger partial charge on any atom is -0.459 e. The maximum Gasteiger partial charge on any atom is 0.301 e. The Labute approximate surface area is 106 Å². The molecular formula is C12H19N3O3. The van der Waals surface area contributed by atoms with E-state index in [-0.39, 0.29) is 5.91 Å². The predicted molar refractivity (Wildman–Crippen MR) is 65.6 cm³/mol. The Bertz CT molecular complexity index is 405. The van der Waals surface area contributed by atoms with Gasteiger partial charge < -0.3 is 9.15 Å². The van der Waals surface area contributed by atoms with Crippen LogP contribution in [-0.4, -0.2) is 37.6 Å². The summed E-state index contributed by atoms with van der Waals surface area (Å²) in [6.07, 6.45) is 2.65. The molecule has 100 valence electrons. The Kier molecular flexibility index (Phi) is 4.35. The van der Waals surface area contributed by atoms with Gasteiger partial charge in [-0.1, -0.05) is 0 Å². The summed E-state index contributed by atoms with van der Waals surface area (Å²) in [6, 6.07) is 1.81. The third kappa shape index (κ3) is 2.90. The van der Waals surface area contributed by atoms with Crippen LogP contribution in [0.25, 0.3) is 0 Å². The summed E-state index contributed by atoms with van der Waals surface area (Å²) in [4.78, 5) is 13.8. The zero-order chi connectivity index (χ0) is 13.0. The van der Waals surface area contributed by atoms with Gasteiger partial charge in [0.25, 0.3) is 0 Å². The van der Waals surface area contributed by atoms with Crippen molar-refractivity contribution in [1.29, 1.82) is 0 Å². The van der Waals surface area contributed by atoms with Crippen LogP contribution in [0.5, 0.6) is 0 Å². The average Bonchev–Trinajstić information content (AvgIpc) is 2.99. The molecule has 1 aromatic rings. The van der Waals surface area contributed by atoms with Gasteiger partial charge in [0.05, 0.1) is 12.9 Å². The zero-order valence-corrected chi connectivity index (χ0v) is 10.5. The standard InChI is InChI=1S/C12H19N3O3/c1-17-8-9-2-4-15(6-9)7-10-3-5-18-11(10)12(16)14-13/h3,5,9H,2,4,6-8,13H2,1H3,(H,14,16). The highest BCUT2D eigenvalue weighted by Crippen LogP contribution is 2.20. The molecule has 1 aliphatic heterocycles. The van der Waals surface area contributed by atoms with Crippen molar-refractivity contribution in [3.8, 4) is 0 Å². The number of nitrogen functional groups attached to an aromatic ring is 1. The van der Waals surface area contributed by atoms with Gasteiger partial charge in [-0.15, -0.1) is 0 Å². The van der Waals surface area contributed by atoms with E-state index in [4.69, 9.17) is 15.0 Å². The third-order valence-corrected chi connectivity index (χ3v) is 3.25. The van der Waals surface area contributed by atoms with E-state index in [9.17, 15) is 4.79 Å². The molecule has 1 atom stereocenters. The lowest BCUT2D eigenvalue weighted by molar-refractivity contribution is 0.0923. The molecule has 6 nitrogen and oxygen atoms in total. The maximum atomic E-state index is 11.5. The number of nitrogens with zero attached hydrogens (tertiary/aromatic N) is 1.